The van der Waals surface area contributed by atoms with Gasteiger partial charge in [-0.1, -0.05) is 13.8 Å². The summed E-state index contributed by atoms with van der Waals surface area (Å²) in [6.07, 6.45) is 8.94. The summed E-state index contributed by atoms with van der Waals surface area (Å²) in [4.78, 5) is 32.6. The second-order valence-electron chi connectivity index (χ2n) is 9.35. The molecule has 2 aromatic rings. The van der Waals surface area contributed by atoms with Crippen molar-refractivity contribution in [2.75, 3.05) is 0 Å². The minimum Gasteiger partial charge on any atom is -0.481 e. The Hall–Kier alpha value is -1.96. The molecular formula is C22H32N4O3S. The van der Waals surface area contributed by atoms with Crippen molar-refractivity contribution in [2.45, 2.75) is 96.6 Å². The molecule has 2 aromatic heterocycles. The second kappa shape index (κ2) is 7.94. The van der Waals surface area contributed by atoms with Crippen molar-refractivity contribution in [3.05, 3.63) is 20.9 Å². The van der Waals surface area contributed by atoms with Gasteiger partial charge >= 0.3 is 5.97 Å². The van der Waals surface area contributed by atoms with E-state index in [2.05, 4.69) is 11.9 Å². The van der Waals surface area contributed by atoms with E-state index in [-0.39, 0.29) is 22.8 Å². The van der Waals surface area contributed by atoms with Crippen LogP contribution in [0.1, 0.15) is 83.9 Å². The number of hydrogen-bond donors (Lipinski definition) is 2. The van der Waals surface area contributed by atoms with E-state index < -0.39 is 5.97 Å². The number of aromatic amines is 1. The lowest BCUT2D eigenvalue weighted by Crippen LogP contribution is -2.45. The number of imidazole rings is 1. The van der Waals surface area contributed by atoms with E-state index in [0.29, 0.717) is 22.5 Å². The van der Waals surface area contributed by atoms with E-state index in [0.717, 1.165) is 70.2 Å². The number of rotatable bonds is 8. The van der Waals surface area contributed by atoms with Crippen molar-refractivity contribution in [1.29, 1.82) is 0 Å². The van der Waals surface area contributed by atoms with E-state index in [1.165, 1.54) is 0 Å². The number of nitrogens with zero attached hydrogens (tertiary/aromatic N) is 3. The van der Waals surface area contributed by atoms with Crippen LogP contribution < -0.4 is 5.56 Å². The first kappa shape index (κ1) is 21.3. The maximum absolute atomic E-state index is 13.2. The van der Waals surface area contributed by atoms with Crippen LogP contribution in [0.3, 0.4) is 0 Å². The molecule has 0 saturated heterocycles. The quantitative estimate of drug-likeness (QED) is 0.598. The van der Waals surface area contributed by atoms with E-state index >= 15 is 0 Å². The Morgan fingerprint density at radius 3 is 2.27 bits per heavy atom. The molecule has 7 nitrogen and oxygen atoms in total. The summed E-state index contributed by atoms with van der Waals surface area (Å²) in [5, 5.41) is 9.10. The molecule has 0 amide bonds. The molecule has 0 radical (unpaired) electrons. The zero-order valence-electron chi connectivity index (χ0n) is 18.0. The van der Waals surface area contributed by atoms with Gasteiger partial charge in [0.1, 0.15) is 11.3 Å². The topological polar surface area (TPSA) is 92.9 Å². The molecule has 30 heavy (non-hydrogen) atoms. The van der Waals surface area contributed by atoms with Crippen molar-refractivity contribution < 1.29 is 9.90 Å². The van der Waals surface area contributed by atoms with Crippen molar-refractivity contribution in [3.8, 4) is 0 Å². The highest BCUT2D eigenvalue weighted by molar-refractivity contribution is 7.71. The first-order valence-corrected chi connectivity index (χ1v) is 11.7. The summed E-state index contributed by atoms with van der Waals surface area (Å²) in [7, 11) is 0. The molecular weight excluding hydrogens is 400 g/mol. The average molecular weight is 433 g/mol. The number of fused-ring (bicyclic) bond motifs is 4. The monoisotopic (exact) mass is 432 g/mol. The van der Waals surface area contributed by atoms with E-state index in [1.807, 2.05) is 11.5 Å². The van der Waals surface area contributed by atoms with Crippen LogP contribution in [0.5, 0.6) is 0 Å². The van der Waals surface area contributed by atoms with Crippen molar-refractivity contribution in [2.24, 2.45) is 5.41 Å². The lowest BCUT2D eigenvalue weighted by atomic mass is 9.52. The van der Waals surface area contributed by atoms with Gasteiger partial charge in [-0.05, 0) is 75.4 Å². The van der Waals surface area contributed by atoms with Crippen LogP contribution >= 0.6 is 12.2 Å². The normalized spacial score (nSPS) is 25.8. The molecule has 8 heteroatoms. The highest BCUT2D eigenvalue weighted by Gasteiger charge is 2.50. The molecule has 3 aliphatic carbocycles. The zero-order chi connectivity index (χ0) is 21.5. The molecule has 0 aromatic carbocycles. The van der Waals surface area contributed by atoms with Gasteiger partial charge in [-0.15, -0.1) is 0 Å². The number of nitrogens with one attached hydrogen (secondary N) is 1. The van der Waals surface area contributed by atoms with Crippen LogP contribution in [-0.4, -0.2) is 30.2 Å². The Balaban J connectivity index is 1.72. The Bertz CT molecular complexity index is 1060. The molecule has 3 aliphatic rings. The van der Waals surface area contributed by atoms with Gasteiger partial charge in [-0.3, -0.25) is 14.2 Å². The van der Waals surface area contributed by atoms with Crippen LogP contribution in [0.4, 0.5) is 0 Å². The lowest BCUT2D eigenvalue weighted by Gasteiger charge is -2.52. The average Bonchev–Trinajstić information content (AvgIpc) is 3.20. The molecule has 0 aliphatic heterocycles. The predicted octanol–water partition coefficient (Wildman–Crippen LogP) is 4.53. The molecule has 0 atom stereocenters. The number of carbonyl (C=O) groups is 1. The first-order chi connectivity index (χ1) is 14.3. The van der Waals surface area contributed by atoms with Crippen LogP contribution in [0.25, 0.3) is 11.2 Å². The fraction of sp³-hybridized carbons (Fsp3) is 0.727. The molecule has 0 spiro atoms. The van der Waals surface area contributed by atoms with Crippen LogP contribution in [-0.2, 0) is 23.3 Å². The van der Waals surface area contributed by atoms with E-state index in [1.54, 1.807) is 4.57 Å². The number of aryl methyl sites for hydroxylation is 1. The van der Waals surface area contributed by atoms with Gasteiger partial charge in [0, 0.05) is 24.9 Å². The standard InChI is InChI=1S/C22H32N4O3S/c1-3-13-25-17-16(18(29)26(14-4-2)20(25)30)23-19(24-17)22-10-7-21(8-11-22,9-12-22)6-5-15(27)28/h3-14H2,1-2H3,(H,23,24)(H,27,28). The number of aliphatic carboxylic acids is 1. The summed E-state index contributed by atoms with van der Waals surface area (Å²) < 4.78 is 4.28. The third kappa shape index (κ3) is 3.43. The maximum atomic E-state index is 13.2. The lowest BCUT2D eigenvalue weighted by molar-refractivity contribution is -0.138. The molecule has 2 heterocycles. The summed E-state index contributed by atoms with van der Waals surface area (Å²) >= 11 is 5.66. The minimum atomic E-state index is -0.701. The Morgan fingerprint density at radius 1 is 1.10 bits per heavy atom. The summed E-state index contributed by atoms with van der Waals surface area (Å²) in [6.45, 7) is 5.51. The third-order valence-electron chi connectivity index (χ3n) is 7.53. The molecule has 164 valence electrons. The zero-order valence-corrected chi connectivity index (χ0v) is 18.8. The van der Waals surface area contributed by atoms with Gasteiger partial charge in [0.15, 0.2) is 10.4 Å². The van der Waals surface area contributed by atoms with Crippen molar-refractivity contribution in [1.82, 2.24) is 19.1 Å². The Labute approximate surface area is 181 Å². The van der Waals surface area contributed by atoms with Gasteiger partial charge in [-0.2, -0.15) is 0 Å². The largest absolute Gasteiger partial charge is 0.481 e. The molecule has 3 fully saturated rings. The van der Waals surface area contributed by atoms with E-state index in [4.69, 9.17) is 22.3 Å². The summed E-state index contributed by atoms with van der Waals surface area (Å²) in [5.41, 5.74) is 1.34. The maximum Gasteiger partial charge on any atom is 0.303 e. The first-order valence-electron chi connectivity index (χ1n) is 11.3. The Kier molecular flexibility index (Phi) is 5.64. The third-order valence-corrected chi connectivity index (χ3v) is 7.97. The van der Waals surface area contributed by atoms with Gasteiger partial charge in [0.25, 0.3) is 5.56 Å². The number of hydrogen-bond acceptors (Lipinski definition) is 4. The van der Waals surface area contributed by atoms with Crippen molar-refractivity contribution in [3.63, 3.8) is 0 Å². The van der Waals surface area contributed by atoms with Crippen LogP contribution in [0.2, 0.25) is 0 Å². The second-order valence-corrected chi connectivity index (χ2v) is 9.71. The Morgan fingerprint density at radius 2 is 1.70 bits per heavy atom. The van der Waals surface area contributed by atoms with Gasteiger partial charge in [0.05, 0.1) is 0 Å². The smallest absolute Gasteiger partial charge is 0.303 e. The fourth-order valence-electron chi connectivity index (χ4n) is 5.63. The van der Waals surface area contributed by atoms with Crippen LogP contribution in [0, 0.1) is 10.2 Å². The highest BCUT2D eigenvalue weighted by Crippen LogP contribution is 2.59. The highest BCUT2D eigenvalue weighted by atomic mass is 32.1. The number of aromatic nitrogens is 4. The summed E-state index contributed by atoms with van der Waals surface area (Å²) in [6, 6.07) is 0. The molecule has 5 rings (SSSR count). The SMILES string of the molecule is CCCn1c(=O)c2[nH]c(C34CCC(CCC(=O)O)(CC3)CC4)nc2n(CCC)c1=S. The van der Waals surface area contributed by atoms with Gasteiger partial charge in [0.2, 0.25) is 0 Å². The molecule has 3 saturated carbocycles. The molecule has 2 N–H and O–H groups in total. The van der Waals surface area contributed by atoms with E-state index in [9.17, 15) is 9.59 Å². The molecule has 2 bridgehead atoms. The van der Waals surface area contributed by atoms with Gasteiger partial charge < -0.3 is 14.7 Å². The van der Waals surface area contributed by atoms with Crippen LogP contribution in [0.15, 0.2) is 4.79 Å². The minimum absolute atomic E-state index is 0.0301. The van der Waals surface area contributed by atoms with Crippen molar-refractivity contribution >= 4 is 29.4 Å². The summed E-state index contributed by atoms with van der Waals surface area (Å²) in [5.74, 6) is 0.224. The number of carboxylic acid groups (broad SMARTS) is 1. The number of carboxylic acids is 1. The predicted molar refractivity (Wildman–Crippen MR) is 118 cm³/mol. The van der Waals surface area contributed by atoms with Gasteiger partial charge in [-0.25, -0.2) is 4.98 Å². The molecule has 0 unspecified atom stereocenters. The number of H-pyrrole nitrogens is 1. The fourth-order valence-corrected chi connectivity index (χ4v) is 5.98.